The highest BCUT2D eigenvalue weighted by Gasteiger charge is 2.36. The predicted molar refractivity (Wildman–Crippen MR) is 70.0 cm³/mol. The van der Waals surface area contributed by atoms with Gasteiger partial charge in [0.15, 0.2) is 17.7 Å². The van der Waals surface area contributed by atoms with Gasteiger partial charge in [-0.2, -0.15) is 0 Å². The minimum atomic E-state index is -2.69. The largest absolute Gasteiger partial charge is 0.388 e. The summed E-state index contributed by atoms with van der Waals surface area (Å²) in [6.07, 6.45) is 1.01. The van der Waals surface area contributed by atoms with Crippen LogP contribution in [-0.4, -0.2) is 48.3 Å². The monoisotopic (exact) mass is 314 g/mol. The standard InChI is InChI=1S/C10H13N5O5P/c11-8-7-9(13-3-12-8)15(4-14-7)10-6(16)1-5(20-10)2-19-21(17)18/h3-6,10,16H,1-2H2,(H,17,18)(H2,11,12,13)/t5-,6+,10+/m0/s1. The molecule has 1 aliphatic rings. The third-order valence-electron chi connectivity index (χ3n) is 3.20. The van der Waals surface area contributed by atoms with E-state index in [9.17, 15) is 9.67 Å². The molecule has 3 heterocycles. The first-order valence-electron chi connectivity index (χ1n) is 6.12. The Morgan fingerprint density at radius 2 is 2.33 bits per heavy atom. The van der Waals surface area contributed by atoms with Gasteiger partial charge in [-0.3, -0.25) is 14.0 Å². The van der Waals surface area contributed by atoms with Crippen LogP contribution in [0.2, 0.25) is 0 Å². The number of hydrogen-bond donors (Lipinski definition) is 3. The van der Waals surface area contributed by atoms with Crippen molar-refractivity contribution in [2.24, 2.45) is 0 Å². The van der Waals surface area contributed by atoms with Gasteiger partial charge in [-0.1, -0.05) is 0 Å². The van der Waals surface area contributed by atoms with Crippen molar-refractivity contribution in [1.29, 1.82) is 0 Å². The van der Waals surface area contributed by atoms with E-state index in [0.717, 1.165) is 0 Å². The average Bonchev–Trinajstić information content (AvgIpc) is 3.01. The second-order valence-electron chi connectivity index (χ2n) is 4.57. The Morgan fingerprint density at radius 3 is 3.10 bits per heavy atom. The molecule has 1 saturated heterocycles. The lowest BCUT2D eigenvalue weighted by Crippen LogP contribution is -2.19. The molecule has 10 nitrogen and oxygen atoms in total. The molecule has 11 heteroatoms. The molecule has 2 aromatic rings. The van der Waals surface area contributed by atoms with Gasteiger partial charge < -0.3 is 15.6 Å². The van der Waals surface area contributed by atoms with Crippen LogP contribution in [0.3, 0.4) is 0 Å². The Hall–Kier alpha value is -1.71. The van der Waals surface area contributed by atoms with Crippen molar-refractivity contribution in [1.82, 2.24) is 19.5 Å². The summed E-state index contributed by atoms with van der Waals surface area (Å²) in [4.78, 5) is 20.6. The molecule has 3 rings (SSSR count). The number of imidazole rings is 1. The van der Waals surface area contributed by atoms with Crippen LogP contribution in [0.15, 0.2) is 12.7 Å². The third-order valence-corrected chi connectivity index (χ3v) is 3.57. The lowest BCUT2D eigenvalue weighted by molar-refractivity contribution is -0.0459. The number of anilines is 1. The molecule has 1 radical (unpaired) electrons. The fourth-order valence-electron chi connectivity index (χ4n) is 2.29. The van der Waals surface area contributed by atoms with Gasteiger partial charge in [-0.05, 0) is 0 Å². The van der Waals surface area contributed by atoms with E-state index in [-0.39, 0.29) is 18.8 Å². The summed E-state index contributed by atoms with van der Waals surface area (Å²) in [6, 6.07) is 0. The topological polar surface area (TPSA) is 146 Å². The van der Waals surface area contributed by atoms with Crippen LogP contribution >= 0.6 is 8.25 Å². The van der Waals surface area contributed by atoms with E-state index in [2.05, 4.69) is 19.5 Å². The SMILES string of the molecule is Nc1ncnc2c1ncn2[C@@H]1O[C@H](CO[P](=O)O)C[C@H]1O. The van der Waals surface area contributed by atoms with Crippen molar-refractivity contribution in [2.45, 2.75) is 24.9 Å². The first kappa shape index (κ1) is 14.2. The van der Waals surface area contributed by atoms with E-state index in [1.807, 2.05) is 0 Å². The van der Waals surface area contributed by atoms with Gasteiger partial charge in [0.2, 0.25) is 0 Å². The molecular weight excluding hydrogens is 301 g/mol. The Balaban J connectivity index is 1.82. The van der Waals surface area contributed by atoms with Crippen molar-refractivity contribution in [2.75, 3.05) is 12.3 Å². The normalized spacial score (nSPS) is 26.4. The van der Waals surface area contributed by atoms with Crippen molar-refractivity contribution in [3.63, 3.8) is 0 Å². The molecule has 2 aromatic heterocycles. The number of aliphatic hydroxyl groups excluding tert-OH is 1. The second kappa shape index (κ2) is 5.58. The molecule has 1 unspecified atom stereocenters. The number of nitrogen functional groups attached to an aromatic ring is 1. The summed E-state index contributed by atoms with van der Waals surface area (Å²) < 4.78 is 22.3. The van der Waals surface area contributed by atoms with Gasteiger partial charge in [0.25, 0.3) is 0 Å². The maximum absolute atomic E-state index is 10.5. The Labute approximate surface area is 119 Å². The van der Waals surface area contributed by atoms with E-state index in [0.29, 0.717) is 11.2 Å². The first-order chi connectivity index (χ1) is 10.1. The molecule has 4 atom stereocenters. The zero-order chi connectivity index (χ0) is 15.0. The minimum Gasteiger partial charge on any atom is -0.388 e. The Bertz CT molecular complexity index is 679. The number of aliphatic hydroxyl groups is 1. The number of fused-ring (bicyclic) bond motifs is 1. The lowest BCUT2D eigenvalue weighted by Gasteiger charge is -2.16. The number of hydrogen-bond acceptors (Lipinski definition) is 8. The predicted octanol–water partition coefficient (Wildman–Crippen LogP) is -0.277. The van der Waals surface area contributed by atoms with Crippen molar-refractivity contribution >= 4 is 25.2 Å². The van der Waals surface area contributed by atoms with Gasteiger partial charge in [0, 0.05) is 6.42 Å². The molecule has 0 amide bonds. The van der Waals surface area contributed by atoms with Crippen LogP contribution in [0, 0.1) is 0 Å². The molecule has 0 spiro atoms. The van der Waals surface area contributed by atoms with Crippen molar-refractivity contribution in [3.05, 3.63) is 12.7 Å². The third kappa shape index (κ3) is 2.71. The maximum atomic E-state index is 10.5. The molecule has 1 fully saturated rings. The van der Waals surface area contributed by atoms with Gasteiger partial charge in [-0.15, -0.1) is 0 Å². The number of ether oxygens (including phenoxy) is 1. The summed E-state index contributed by atoms with van der Waals surface area (Å²) in [6.45, 7) is -0.0803. The van der Waals surface area contributed by atoms with Crippen LogP contribution in [0.25, 0.3) is 11.2 Å². The summed E-state index contributed by atoms with van der Waals surface area (Å²) in [5, 5.41) is 10.1. The van der Waals surface area contributed by atoms with Crippen molar-refractivity contribution in [3.8, 4) is 0 Å². The lowest BCUT2D eigenvalue weighted by atomic mass is 10.2. The van der Waals surface area contributed by atoms with E-state index < -0.39 is 26.7 Å². The number of rotatable bonds is 4. The van der Waals surface area contributed by atoms with Crippen molar-refractivity contribution < 1.29 is 23.8 Å². The van der Waals surface area contributed by atoms with E-state index >= 15 is 0 Å². The quantitative estimate of drug-likeness (QED) is 0.648. The molecular formula is C10H13N5O5P. The van der Waals surface area contributed by atoms with E-state index in [1.165, 1.54) is 12.7 Å². The molecule has 113 valence electrons. The van der Waals surface area contributed by atoms with E-state index in [4.69, 9.17) is 15.4 Å². The molecule has 4 N–H and O–H groups in total. The molecule has 0 bridgehead atoms. The highest BCUT2D eigenvalue weighted by molar-refractivity contribution is 7.32. The summed E-state index contributed by atoms with van der Waals surface area (Å²) in [5.74, 6) is 0.239. The van der Waals surface area contributed by atoms with Crippen LogP contribution in [0.4, 0.5) is 5.82 Å². The van der Waals surface area contributed by atoms with Crippen LogP contribution in [0.1, 0.15) is 12.6 Å². The van der Waals surface area contributed by atoms with Crippen LogP contribution < -0.4 is 5.73 Å². The van der Waals surface area contributed by atoms with Gasteiger partial charge in [0.1, 0.15) is 17.9 Å². The molecule has 0 aromatic carbocycles. The highest BCUT2D eigenvalue weighted by atomic mass is 31.1. The van der Waals surface area contributed by atoms with E-state index in [1.54, 1.807) is 4.57 Å². The van der Waals surface area contributed by atoms with Crippen LogP contribution in [0.5, 0.6) is 0 Å². The Morgan fingerprint density at radius 1 is 1.52 bits per heavy atom. The maximum Gasteiger partial charge on any atom is 0.366 e. The van der Waals surface area contributed by atoms with Gasteiger partial charge in [0.05, 0.1) is 19.0 Å². The highest BCUT2D eigenvalue weighted by Crippen LogP contribution is 2.32. The smallest absolute Gasteiger partial charge is 0.366 e. The molecule has 0 saturated carbocycles. The Kier molecular flexibility index (Phi) is 3.79. The number of nitrogens with zero attached hydrogens (tertiary/aromatic N) is 4. The zero-order valence-corrected chi connectivity index (χ0v) is 11.6. The minimum absolute atomic E-state index is 0.0803. The molecule has 0 aliphatic carbocycles. The fraction of sp³-hybridized carbons (Fsp3) is 0.500. The summed E-state index contributed by atoms with van der Waals surface area (Å²) >= 11 is 0. The second-order valence-corrected chi connectivity index (χ2v) is 5.30. The summed E-state index contributed by atoms with van der Waals surface area (Å²) in [7, 11) is -2.69. The van der Waals surface area contributed by atoms with Gasteiger partial charge >= 0.3 is 8.25 Å². The first-order valence-corrected chi connectivity index (χ1v) is 7.25. The zero-order valence-electron chi connectivity index (χ0n) is 10.7. The molecule has 21 heavy (non-hydrogen) atoms. The fourth-order valence-corrected chi connectivity index (χ4v) is 2.58. The van der Waals surface area contributed by atoms with Gasteiger partial charge in [-0.25, -0.2) is 19.5 Å². The number of aromatic nitrogens is 4. The average molecular weight is 314 g/mol. The van der Waals surface area contributed by atoms with Crippen LogP contribution in [-0.2, 0) is 13.8 Å². The number of nitrogens with two attached hydrogens (primary N) is 1. The summed E-state index contributed by atoms with van der Waals surface area (Å²) in [5.41, 5.74) is 6.57. The molecule has 1 aliphatic heterocycles.